The van der Waals surface area contributed by atoms with Crippen molar-refractivity contribution in [2.45, 2.75) is 33.4 Å². The molecule has 1 fully saturated rings. The van der Waals surface area contributed by atoms with Gasteiger partial charge in [-0.2, -0.15) is 13.2 Å². The highest BCUT2D eigenvalue weighted by molar-refractivity contribution is 6.04. The van der Waals surface area contributed by atoms with Gasteiger partial charge in [-0.25, -0.2) is 4.98 Å². The number of piperazine rings is 1. The van der Waals surface area contributed by atoms with Crippen molar-refractivity contribution in [1.29, 1.82) is 0 Å². The molecule has 0 aliphatic carbocycles. The molecule has 0 saturated carbocycles. The predicted molar refractivity (Wildman–Crippen MR) is 107 cm³/mol. The normalized spacial score (nSPS) is 15.5. The largest absolute Gasteiger partial charge is 0.417 e. The van der Waals surface area contributed by atoms with E-state index < -0.39 is 11.7 Å². The van der Waals surface area contributed by atoms with Crippen LogP contribution in [0.2, 0.25) is 0 Å². The Kier molecular flexibility index (Phi) is 6.30. The lowest BCUT2D eigenvalue weighted by molar-refractivity contribution is -0.137. The second kappa shape index (κ2) is 8.59. The second-order valence-corrected chi connectivity index (χ2v) is 7.48. The summed E-state index contributed by atoms with van der Waals surface area (Å²) >= 11 is 0. The van der Waals surface area contributed by atoms with Crippen molar-refractivity contribution in [3.8, 4) is 0 Å². The van der Waals surface area contributed by atoms with Crippen LogP contribution in [0.15, 0.2) is 18.3 Å². The van der Waals surface area contributed by atoms with Gasteiger partial charge in [-0.1, -0.05) is 6.92 Å². The molecule has 1 aliphatic heterocycles. The molecule has 0 spiro atoms. The molecule has 0 unspecified atom stereocenters. The van der Waals surface area contributed by atoms with Crippen molar-refractivity contribution in [2.24, 2.45) is 0 Å². The molecule has 6 nitrogen and oxygen atoms in total. The van der Waals surface area contributed by atoms with Crippen molar-refractivity contribution >= 4 is 17.4 Å². The van der Waals surface area contributed by atoms with Crippen LogP contribution in [0.1, 0.15) is 51.5 Å². The molecule has 1 aliphatic rings. The topological polar surface area (TPSA) is 69.3 Å². The SMILES string of the molecule is CCc1c(C(=O)CN2CCN(c3ccc(C(F)(F)F)cn3)CC2)[nH]c(C)c1C(C)=O. The number of halogens is 3. The maximum Gasteiger partial charge on any atom is 0.417 e. The molecule has 30 heavy (non-hydrogen) atoms. The summed E-state index contributed by atoms with van der Waals surface area (Å²) in [5.74, 6) is 0.370. The van der Waals surface area contributed by atoms with E-state index in [1.807, 2.05) is 16.7 Å². The minimum Gasteiger partial charge on any atom is -0.355 e. The summed E-state index contributed by atoms with van der Waals surface area (Å²) in [6, 6.07) is 2.41. The lowest BCUT2D eigenvalue weighted by Crippen LogP contribution is -2.48. The van der Waals surface area contributed by atoms with Crippen LogP contribution in [0.4, 0.5) is 19.0 Å². The standard InChI is InChI=1S/C21H25F3N4O2/c1-4-16-19(14(3)29)13(2)26-20(16)17(30)12-27-7-9-28(10-8-27)18-6-5-15(11-25-18)21(22,23)24/h5-6,11,26H,4,7-10,12H2,1-3H3. The molecule has 0 aromatic carbocycles. The van der Waals surface area contributed by atoms with E-state index in [-0.39, 0.29) is 18.1 Å². The summed E-state index contributed by atoms with van der Waals surface area (Å²) in [5.41, 5.74) is 1.79. The molecular weight excluding hydrogens is 397 g/mol. The Labute approximate surface area is 173 Å². The number of nitrogens with zero attached hydrogens (tertiary/aromatic N) is 3. The maximum absolute atomic E-state index is 12.8. The third kappa shape index (κ3) is 4.56. The van der Waals surface area contributed by atoms with E-state index in [9.17, 15) is 22.8 Å². The summed E-state index contributed by atoms with van der Waals surface area (Å²) in [7, 11) is 0. The number of aromatic amines is 1. The molecule has 3 rings (SSSR count). The minimum atomic E-state index is -4.40. The lowest BCUT2D eigenvalue weighted by Gasteiger charge is -2.35. The zero-order chi connectivity index (χ0) is 22.1. The molecule has 1 N–H and O–H groups in total. The van der Waals surface area contributed by atoms with Gasteiger partial charge < -0.3 is 9.88 Å². The Balaban J connectivity index is 1.62. The van der Waals surface area contributed by atoms with Crippen molar-refractivity contribution in [2.75, 3.05) is 37.6 Å². The fourth-order valence-corrected chi connectivity index (χ4v) is 3.90. The number of aryl methyl sites for hydroxylation is 1. The van der Waals surface area contributed by atoms with Crippen molar-refractivity contribution in [3.63, 3.8) is 0 Å². The Morgan fingerprint density at radius 3 is 2.33 bits per heavy atom. The number of ketones is 2. The number of H-pyrrole nitrogens is 1. The van der Waals surface area contributed by atoms with Gasteiger partial charge in [-0.15, -0.1) is 0 Å². The first-order valence-corrected chi connectivity index (χ1v) is 9.88. The van der Waals surface area contributed by atoms with Crippen LogP contribution >= 0.6 is 0 Å². The number of alkyl halides is 3. The van der Waals surface area contributed by atoms with Crippen LogP contribution in [0.5, 0.6) is 0 Å². The number of hydrogen-bond acceptors (Lipinski definition) is 5. The lowest BCUT2D eigenvalue weighted by atomic mass is 10.0. The van der Waals surface area contributed by atoms with Gasteiger partial charge in [0.2, 0.25) is 0 Å². The zero-order valence-corrected chi connectivity index (χ0v) is 17.3. The van der Waals surface area contributed by atoms with E-state index in [2.05, 4.69) is 9.97 Å². The van der Waals surface area contributed by atoms with E-state index in [0.29, 0.717) is 55.4 Å². The average molecular weight is 422 g/mol. The average Bonchev–Trinajstić information content (AvgIpc) is 3.04. The van der Waals surface area contributed by atoms with Gasteiger partial charge >= 0.3 is 6.18 Å². The molecule has 2 aromatic heterocycles. The molecule has 9 heteroatoms. The highest BCUT2D eigenvalue weighted by Gasteiger charge is 2.31. The fourth-order valence-electron chi connectivity index (χ4n) is 3.90. The Hall–Kier alpha value is -2.68. The van der Waals surface area contributed by atoms with E-state index >= 15 is 0 Å². The molecule has 3 heterocycles. The van der Waals surface area contributed by atoms with Crippen molar-refractivity contribution in [3.05, 3.63) is 46.4 Å². The summed E-state index contributed by atoms with van der Waals surface area (Å²) in [4.78, 5) is 35.7. The first-order chi connectivity index (χ1) is 14.1. The van der Waals surface area contributed by atoms with Crippen LogP contribution in [-0.4, -0.2) is 59.2 Å². The fraction of sp³-hybridized carbons (Fsp3) is 0.476. The van der Waals surface area contributed by atoms with Gasteiger partial charge in [0.1, 0.15) is 5.82 Å². The van der Waals surface area contributed by atoms with E-state index in [1.54, 1.807) is 6.92 Å². The van der Waals surface area contributed by atoms with Crippen molar-refractivity contribution in [1.82, 2.24) is 14.9 Å². The third-order valence-electron chi connectivity index (χ3n) is 5.41. The summed E-state index contributed by atoms with van der Waals surface area (Å²) < 4.78 is 38.1. The van der Waals surface area contributed by atoms with Gasteiger partial charge in [0.25, 0.3) is 0 Å². The predicted octanol–water partition coefficient (Wildman–Crippen LogP) is 3.51. The van der Waals surface area contributed by atoms with Gasteiger partial charge in [-0.3, -0.25) is 14.5 Å². The highest BCUT2D eigenvalue weighted by atomic mass is 19.4. The molecule has 1 saturated heterocycles. The number of hydrogen-bond donors (Lipinski definition) is 1. The smallest absolute Gasteiger partial charge is 0.355 e. The van der Waals surface area contributed by atoms with E-state index in [1.165, 1.54) is 13.0 Å². The second-order valence-electron chi connectivity index (χ2n) is 7.48. The number of carbonyl (C=O) groups is 2. The number of nitrogens with one attached hydrogen (secondary N) is 1. The number of rotatable bonds is 6. The summed E-state index contributed by atoms with van der Waals surface area (Å²) in [5, 5.41) is 0. The van der Waals surface area contributed by atoms with Crippen LogP contribution < -0.4 is 4.90 Å². The summed E-state index contributed by atoms with van der Waals surface area (Å²) in [6.45, 7) is 7.74. The Morgan fingerprint density at radius 2 is 1.83 bits per heavy atom. The molecular formula is C21H25F3N4O2. The zero-order valence-electron chi connectivity index (χ0n) is 17.3. The van der Waals surface area contributed by atoms with Crippen LogP contribution in [0, 0.1) is 6.92 Å². The van der Waals surface area contributed by atoms with Crippen LogP contribution in [0.3, 0.4) is 0 Å². The van der Waals surface area contributed by atoms with Gasteiger partial charge in [0.05, 0.1) is 17.8 Å². The molecule has 0 radical (unpaired) electrons. The number of carbonyl (C=O) groups excluding carboxylic acids is 2. The van der Waals surface area contributed by atoms with Gasteiger partial charge in [-0.05, 0) is 38.0 Å². The number of aromatic nitrogens is 2. The van der Waals surface area contributed by atoms with Crippen LogP contribution in [0.25, 0.3) is 0 Å². The van der Waals surface area contributed by atoms with Crippen LogP contribution in [-0.2, 0) is 12.6 Å². The summed E-state index contributed by atoms with van der Waals surface area (Å²) in [6.07, 6.45) is -2.97. The maximum atomic E-state index is 12.8. The third-order valence-corrected chi connectivity index (χ3v) is 5.41. The van der Waals surface area contributed by atoms with Gasteiger partial charge in [0.15, 0.2) is 11.6 Å². The van der Waals surface area contributed by atoms with Crippen molar-refractivity contribution < 1.29 is 22.8 Å². The Bertz CT molecular complexity index is 927. The number of pyridine rings is 1. The van der Waals surface area contributed by atoms with Gasteiger partial charge in [0, 0.05) is 43.6 Å². The molecule has 0 bridgehead atoms. The van der Waals surface area contributed by atoms with E-state index in [0.717, 1.165) is 17.8 Å². The molecule has 0 atom stereocenters. The number of anilines is 1. The molecule has 0 amide bonds. The molecule has 162 valence electrons. The quantitative estimate of drug-likeness (QED) is 0.722. The Morgan fingerprint density at radius 1 is 1.17 bits per heavy atom. The monoisotopic (exact) mass is 422 g/mol. The van der Waals surface area contributed by atoms with E-state index in [4.69, 9.17) is 0 Å². The number of Topliss-reactive ketones (excluding diaryl/α,β-unsaturated/α-hetero) is 2. The highest BCUT2D eigenvalue weighted by Crippen LogP contribution is 2.29. The first kappa shape index (κ1) is 22.0. The molecule has 2 aromatic rings. The first-order valence-electron chi connectivity index (χ1n) is 9.88. The minimum absolute atomic E-state index is 0.0581.